The average Bonchev–Trinajstić information content (AvgIpc) is 2.75. The SMILES string of the molecule is CC1(C)C(=O)Nc2ccc(CNC(=O)C3=NNC(=O)CC3)cc21. The van der Waals surface area contributed by atoms with Crippen LogP contribution in [0.1, 0.15) is 37.8 Å². The summed E-state index contributed by atoms with van der Waals surface area (Å²) in [6, 6.07) is 5.64. The maximum absolute atomic E-state index is 12.0. The quantitative estimate of drug-likeness (QED) is 0.769. The topological polar surface area (TPSA) is 99.7 Å². The van der Waals surface area contributed by atoms with Crippen molar-refractivity contribution in [2.24, 2.45) is 5.10 Å². The monoisotopic (exact) mass is 314 g/mol. The van der Waals surface area contributed by atoms with Crippen LogP contribution < -0.4 is 16.1 Å². The van der Waals surface area contributed by atoms with Crippen LogP contribution in [-0.2, 0) is 26.3 Å². The molecule has 0 atom stereocenters. The van der Waals surface area contributed by atoms with Gasteiger partial charge < -0.3 is 10.6 Å². The molecular formula is C16H18N4O3. The van der Waals surface area contributed by atoms with Gasteiger partial charge in [-0.2, -0.15) is 5.10 Å². The van der Waals surface area contributed by atoms with Crippen molar-refractivity contribution in [2.75, 3.05) is 5.32 Å². The third kappa shape index (κ3) is 2.81. The average molecular weight is 314 g/mol. The van der Waals surface area contributed by atoms with E-state index in [0.29, 0.717) is 18.7 Å². The highest BCUT2D eigenvalue weighted by molar-refractivity contribution is 6.39. The van der Waals surface area contributed by atoms with Crippen LogP contribution in [0.5, 0.6) is 0 Å². The first-order chi connectivity index (χ1) is 10.9. The molecule has 120 valence electrons. The lowest BCUT2D eigenvalue weighted by molar-refractivity contribution is -0.121. The van der Waals surface area contributed by atoms with Crippen LogP contribution in [0.25, 0.3) is 0 Å². The number of hydrogen-bond acceptors (Lipinski definition) is 4. The number of anilines is 1. The van der Waals surface area contributed by atoms with Gasteiger partial charge in [-0.25, -0.2) is 5.43 Å². The molecule has 0 saturated heterocycles. The smallest absolute Gasteiger partial charge is 0.267 e. The Balaban J connectivity index is 1.68. The van der Waals surface area contributed by atoms with Gasteiger partial charge in [-0.15, -0.1) is 0 Å². The second-order valence-electron chi connectivity index (χ2n) is 6.24. The summed E-state index contributed by atoms with van der Waals surface area (Å²) in [6.07, 6.45) is 0.611. The van der Waals surface area contributed by atoms with Crippen molar-refractivity contribution in [1.82, 2.24) is 10.7 Å². The van der Waals surface area contributed by atoms with E-state index in [4.69, 9.17) is 0 Å². The van der Waals surface area contributed by atoms with Crippen LogP contribution in [0.15, 0.2) is 23.3 Å². The summed E-state index contributed by atoms with van der Waals surface area (Å²) in [5.74, 6) is -0.500. The predicted octanol–water partition coefficient (Wildman–Crippen LogP) is 0.798. The molecule has 1 aromatic carbocycles. The van der Waals surface area contributed by atoms with Crippen LogP contribution in [0.2, 0.25) is 0 Å². The van der Waals surface area contributed by atoms with Gasteiger partial charge in [-0.05, 0) is 31.0 Å². The lowest BCUT2D eigenvalue weighted by Gasteiger charge is -2.16. The largest absolute Gasteiger partial charge is 0.347 e. The number of carbonyl (C=O) groups is 3. The number of fused-ring (bicyclic) bond motifs is 1. The zero-order chi connectivity index (χ0) is 16.6. The molecule has 0 bridgehead atoms. The maximum atomic E-state index is 12.0. The summed E-state index contributed by atoms with van der Waals surface area (Å²) in [5.41, 5.74) is 4.70. The zero-order valence-electron chi connectivity index (χ0n) is 13.0. The van der Waals surface area contributed by atoms with Crippen LogP contribution in [0.3, 0.4) is 0 Å². The molecule has 2 heterocycles. The third-order valence-corrected chi connectivity index (χ3v) is 4.19. The van der Waals surface area contributed by atoms with E-state index in [1.165, 1.54) is 0 Å². The van der Waals surface area contributed by atoms with E-state index in [2.05, 4.69) is 21.2 Å². The van der Waals surface area contributed by atoms with E-state index in [1.54, 1.807) is 0 Å². The van der Waals surface area contributed by atoms with Crippen molar-refractivity contribution < 1.29 is 14.4 Å². The van der Waals surface area contributed by atoms with Crippen LogP contribution in [0.4, 0.5) is 5.69 Å². The van der Waals surface area contributed by atoms with E-state index in [1.807, 2.05) is 32.0 Å². The molecule has 3 rings (SSSR count). The molecule has 0 saturated carbocycles. The van der Waals surface area contributed by atoms with E-state index in [9.17, 15) is 14.4 Å². The number of nitrogens with zero attached hydrogens (tertiary/aromatic N) is 1. The van der Waals surface area contributed by atoms with E-state index >= 15 is 0 Å². The summed E-state index contributed by atoms with van der Waals surface area (Å²) in [4.78, 5) is 35.0. The first-order valence-corrected chi connectivity index (χ1v) is 7.46. The molecule has 1 aromatic rings. The fraction of sp³-hybridized carbons (Fsp3) is 0.375. The van der Waals surface area contributed by atoms with Crippen molar-refractivity contribution >= 4 is 29.1 Å². The third-order valence-electron chi connectivity index (χ3n) is 4.19. The maximum Gasteiger partial charge on any atom is 0.267 e. The van der Waals surface area contributed by atoms with Crippen LogP contribution in [0, 0.1) is 0 Å². The predicted molar refractivity (Wildman–Crippen MR) is 84.8 cm³/mol. The lowest BCUT2D eigenvalue weighted by Crippen LogP contribution is -2.36. The van der Waals surface area contributed by atoms with Crippen molar-refractivity contribution in [1.29, 1.82) is 0 Å². The molecule has 0 fully saturated rings. The van der Waals surface area contributed by atoms with Gasteiger partial charge in [0.1, 0.15) is 5.71 Å². The van der Waals surface area contributed by atoms with E-state index in [-0.39, 0.29) is 24.1 Å². The molecule has 2 aliphatic rings. The number of nitrogens with one attached hydrogen (secondary N) is 3. The van der Waals surface area contributed by atoms with Crippen molar-refractivity contribution in [3.63, 3.8) is 0 Å². The number of amides is 3. The van der Waals surface area contributed by atoms with Gasteiger partial charge in [0, 0.05) is 25.1 Å². The molecular weight excluding hydrogens is 296 g/mol. The Morgan fingerprint density at radius 3 is 2.78 bits per heavy atom. The van der Waals surface area contributed by atoms with Crippen molar-refractivity contribution in [3.8, 4) is 0 Å². The Labute approximate surface area is 133 Å². The molecule has 7 heteroatoms. The standard InChI is InChI=1S/C16H18N4O3/c1-16(2)10-7-9(3-4-11(10)18-15(16)23)8-17-14(22)12-5-6-13(21)20-19-12/h3-4,7H,5-6,8H2,1-2H3,(H,17,22)(H,18,23)(H,20,21). The molecule has 3 amide bonds. The summed E-state index contributed by atoms with van der Waals surface area (Å²) >= 11 is 0. The van der Waals surface area contributed by atoms with Crippen LogP contribution >= 0.6 is 0 Å². The molecule has 3 N–H and O–H groups in total. The van der Waals surface area contributed by atoms with E-state index < -0.39 is 5.41 Å². The minimum atomic E-state index is -0.576. The lowest BCUT2D eigenvalue weighted by atomic mass is 9.85. The molecule has 7 nitrogen and oxygen atoms in total. The van der Waals surface area contributed by atoms with Gasteiger partial charge in [-0.3, -0.25) is 14.4 Å². The fourth-order valence-corrected chi connectivity index (χ4v) is 2.65. The fourth-order valence-electron chi connectivity index (χ4n) is 2.65. The Kier molecular flexibility index (Phi) is 3.63. The second-order valence-corrected chi connectivity index (χ2v) is 6.24. The van der Waals surface area contributed by atoms with Gasteiger partial charge in [0.2, 0.25) is 11.8 Å². The molecule has 2 aliphatic heterocycles. The highest BCUT2D eigenvalue weighted by Crippen LogP contribution is 2.37. The summed E-state index contributed by atoms with van der Waals surface area (Å²) in [5, 5.41) is 9.40. The van der Waals surface area contributed by atoms with Gasteiger partial charge >= 0.3 is 0 Å². The summed E-state index contributed by atoms with van der Waals surface area (Å²) in [7, 11) is 0. The van der Waals surface area contributed by atoms with Gasteiger partial charge in [-0.1, -0.05) is 12.1 Å². The summed E-state index contributed by atoms with van der Waals surface area (Å²) in [6.45, 7) is 4.08. The molecule has 23 heavy (non-hydrogen) atoms. The molecule has 0 aliphatic carbocycles. The first kappa shape index (κ1) is 15.2. The van der Waals surface area contributed by atoms with Gasteiger partial charge in [0.25, 0.3) is 5.91 Å². The van der Waals surface area contributed by atoms with E-state index in [0.717, 1.165) is 16.8 Å². The first-order valence-electron chi connectivity index (χ1n) is 7.46. The van der Waals surface area contributed by atoms with Gasteiger partial charge in [0.05, 0.1) is 5.41 Å². The summed E-state index contributed by atoms with van der Waals surface area (Å²) < 4.78 is 0. The Hall–Kier alpha value is -2.70. The second kappa shape index (κ2) is 5.49. The Bertz CT molecular complexity index is 737. The number of benzene rings is 1. The zero-order valence-corrected chi connectivity index (χ0v) is 13.0. The van der Waals surface area contributed by atoms with Gasteiger partial charge in [0.15, 0.2) is 0 Å². The van der Waals surface area contributed by atoms with Crippen molar-refractivity contribution in [2.45, 2.75) is 38.6 Å². The number of hydrazone groups is 1. The highest BCUT2D eigenvalue weighted by atomic mass is 16.2. The molecule has 0 unspecified atom stereocenters. The minimum absolute atomic E-state index is 0.0269. The highest BCUT2D eigenvalue weighted by Gasteiger charge is 2.38. The van der Waals surface area contributed by atoms with Crippen molar-refractivity contribution in [3.05, 3.63) is 29.3 Å². The molecule has 0 spiro atoms. The number of hydrogen-bond donors (Lipinski definition) is 3. The molecule has 0 aromatic heterocycles. The number of rotatable bonds is 3. The van der Waals surface area contributed by atoms with Crippen LogP contribution in [-0.4, -0.2) is 23.4 Å². The Morgan fingerprint density at radius 2 is 2.09 bits per heavy atom. The molecule has 0 radical (unpaired) electrons. The normalized spacial score (nSPS) is 18.6. The number of carbonyl (C=O) groups excluding carboxylic acids is 3. The Morgan fingerprint density at radius 1 is 1.30 bits per heavy atom. The minimum Gasteiger partial charge on any atom is -0.347 e.